The molecule has 0 aromatic heterocycles. The molecule has 6 rings (SSSR count). The third-order valence-corrected chi connectivity index (χ3v) is 10.3. The largest absolute Gasteiger partial charge is 0.459 e. The van der Waals surface area contributed by atoms with Crippen molar-refractivity contribution < 1.29 is 23.1 Å². The third-order valence-electron chi connectivity index (χ3n) is 8.34. The highest BCUT2D eigenvalue weighted by Gasteiger charge is 2.63. The van der Waals surface area contributed by atoms with Crippen LogP contribution in [0.5, 0.6) is 0 Å². The Balaban J connectivity index is 1.56. The van der Waals surface area contributed by atoms with Crippen molar-refractivity contribution in [3.63, 3.8) is 0 Å². The summed E-state index contributed by atoms with van der Waals surface area (Å²) in [5.74, 6) is -0.198. The fraction of sp³-hybridized carbons (Fsp3) is 0.382. The lowest BCUT2D eigenvalue weighted by Crippen LogP contribution is -2.50. The van der Waals surface area contributed by atoms with Gasteiger partial charge in [-0.2, -0.15) is 4.31 Å². The van der Waals surface area contributed by atoms with Crippen LogP contribution in [0.4, 0.5) is 5.69 Å². The average molecular weight is 587 g/mol. The van der Waals surface area contributed by atoms with E-state index in [1.807, 2.05) is 60.7 Å². The summed E-state index contributed by atoms with van der Waals surface area (Å²) in [6, 6.07) is 21.2. The molecule has 0 saturated carbocycles. The molecule has 220 valence electrons. The van der Waals surface area contributed by atoms with Crippen molar-refractivity contribution in [2.45, 2.75) is 82.2 Å². The lowest BCUT2D eigenvalue weighted by molar-refractivity contribution is -0.159. The highest BCUT2D eigenvalue weighted by atomic mass is 32.2. The standard InChI is InChI=1S/C34H38N2O5S/c1-21(2)17-18-22-13-10-16-27-29(22)35-32-34(27,38)20-28(31(37)41-33(3,4)5)36(32)42(39,40)30-25-14-8-6-11-23(25)19-24-12-7-9-15-26(24)30/h6-16,19,21,28,32,35,38H,17-18,20H2,1-5H3/t28-,32+,34-/m0/s1. The fourth-order valence-corrected chi connectivity index (χ4v) is 8.60. The zero-order valence-electron chi connectivity index (χ0n) is 24.7. The number of carbonyl (C=O) groups is 1. The second-order valence-corrected chi connectivity index (χ2v) is 14.8. The summed E-state index contributed by atoms with van der Waals surface area (Å²) >= 11 is 0. The number of anilines is 1. The predicted octanol–water partition coefficient (Wildman–Crippen LogP) is 6.33. The maximum absolute atomic E-state index is 15.0. The maximum atomic E-state index is 15.0. The second kappa shape index (κ2) is 10.1. The van der Waals surface area contributed by atoms with Gasteiger partial charge >= 0.3 is 5.97 Å². The third kappa shape index (κ3) is 4.66. The molecule has 0 spiro atoms. The van der Waals surface area contributed by atoms with E-state index in [0.29, 0.717) is 22.3 Å². The Labute approximate surface area is 247 Å². The number of nitrogens with one attached hydrogen (secondary N) is 1. The molecular formula is C34H38N2O5S. The molecule has 3 atom stereocenters. The molecule has 0 amide bonds. The number of hydrogen-bond acceptors (Lipinski definition) is 6. The van der Waals surface area contributed by atoms with Gasteiger partial charge in [0.25, 0.3) is 0 Å². The first-order chi connectivity index (χ1) is 19.8. The Morgan fingerprint density at radius 3 is 2.24 bits per heavy atom. The highest BCUT2D eigenvalue weighted by Crippen LogP contribution is 2.53. The van der Waals surface area contributed by atoms with Crippen LogP contribution < -0.4 is 5.32 Å². The number of fused-ring (bicyclic) bond motifs is 5. The van der Waals surface area contributed by atoms with E-state index in [1.165, 1.54) is 4.31 Å². The number of aryl methyl sites for hydroxylation is 1. The summed E-state index contributed by atoms with van der Waals surface area (Å²) in [6.07, 6.45) is 0.522. The van der Waals surface area contributed by atoms with Crippen LogP contribution in [-0.4, -0.2) is 41.6 Å². The van der Waals surface area contributed by atoms with Crippen LogP contribution in [0.15, 0.2) is 77.7 Å². The predicted molar refractivity (Wildman–Crippen MR) is 166 cm³/mol. The summed E-state index contributed by atoms with van der Waals surface area (Å²) in [5, 5.41) is 18.4. The number of para-hydroxylation sites is 1. The van der Waals surface area contributed by atoms with Gasteiger partial charge in [0.2, 0.25) is 10.0 Å². The van der Waals surface area contributed by atoms with Crippen molar-refractivity contribution in [3.05, 3.63) is 83.9 Å². The number of rotatable bonds is 6. The first-order valence-corrected chi connectivity index (χ1v) is 16.0. The van der Waals surface area contributed by atoms with Gasteiger partial charge in [-0.3, -0.25) is 4.79 Å². The molecular weight excluding hydrogens is 548 g/mol. The van der Waals surface area contributed by atoms with Crippen LogP contribution >= 0.6 is 0 Å². The topological polar surface area (TPSA) is 95.9 Å². The lowest BCUT2D eigenvalue weighted by atomic mass is 9.89. The number of hydrogen-bond donors (Lipinski definition) is 2. The number of ether oxygens (including phenoxy) is 1. The van der Waals surface area contributed by atoms with Crippen molar-refractivity contribution in [2.75, 3.05) is 5.32 Å². The van der Waals surface area contributed by atoms with Gasteiger partial charge in [-0.15, -0.1) is 0 Å². The van der Waals surface area contributed by atoms with E-state index in [9.17, 15) is 9.90 Å². The molecule has 7 nitrogen and oxygen atoms in total. The minimum absolute atomic E-state index is 0.117. The van der Waals surface area contributed by atoms with Gasteiger partial charge in [-0.1, -0.05) is 80.6 Å². The molecule has 0 aliphatic carbocycles. The Hall–Kier alpha value is -3.46. The number of nitrogens with zero attached hydrogens (tertiary/aromatic N) is 1. The molecule has 1 fully saturated rings. The van der Waals surface area contributed by atoms with E-state index < -0.39 is 39.4 Å². The van der Waals surface area contributed by atoms with Gasteiger partial charge in [-0.05, 0) is 61.9 Å². The Morgan fingerprint density at radius 2 is 1.64 bits per heavy atom. The van der Waals surface area contributed by atoms with Crippen molar-refractivity contribution in [1.29, 1.82) is 0 Å². The van der Waals surface area contributed by atoms with Crippen LogP contribution in [0.25, 0.3) is 21.5 Å². The van der Waals surface area contributed by atoms with E-state index >= 15 is 8.42 Å². The molecule has 1 saturated heterocycles. The number of esters is 1. The van der Waals surface area contributed by atoms with Crippen molar-refractivity contribution in [1.82, 2.24) is 4.31 Å². The SMILES string of the molecule is CC(C)CCc1cccc2c1N[C@@H]1N(S(=O)(=O)c3c4ccccc4cc4ccccc34)[C@H](C(=O)OC(C)(C)C)C[C@]21O. The molecule has 0 radical (unpaired) electrons. The minimum Gasteiger partial charge on any atom is -0.459 e. The van der Waals surface area contributed by atoms with Gasteiger partial charge in [0.1, 0.15) is 23.4 Å². The zero-order valence-corrected chi connectivity index (χ0v) is 25.5. The van der Waals surface area contributed by atoms with Crippen LogP contribution in [0.3, 0.4) is 0 Å². The second-order valence-electron chi connectivity index (χ2n) is 13.0. The van der Waals surface area contributed by atoms with Gasteiger partial charge in [0, 0.05) is 28.4 Å². The van der Waals surface area contributed by atoms with Crippen molar-refractivity contribution >= 4 is 43.2 Å². The van der Waals surface area contributed by atoms with E-state index in [0.717, 1.165) is 34.9 Å². The zero-order chi connectivity index (χ0) is 30.0. The van der Waals surface area contributed by atoms with Crippen molar-refractivity contribution in [2.24, 2.45) is 5.92 Å². The average Bonchev–Trinajstić information content (AvgIpc) is 3.38. The summed E-state index contributed by atoms with van der Waals surface area (Å²) in [6.45, 7) is 9.57. The number of benzene rings is 4. The Kier molecular flexibility index (Phi) is 6.87. The molecule has 2 aliphatic heterocycles. The monoisotopic (exact) mass is 586 g/mol. The van der Waals surface area contributed by atoms with E-state index in [1.54, 1.807) is 32.9 Å². The minimum atomic E-state index is -4.38. The smallest absolute Gasteiger partial charge is 0.325 e. The Bertz CT molecular complexity index is 1760. The van der Waals surface area contributed by atoms with Crippen LogP contribution in [-0.2, 0) is 31.6 Å². The van der Waals surface area contributed by atoms with E-state index in [4.69, 9.17) is 4.74 Å². The molecule has 0 unspecified atom stereocenters. The lowest BCUT2D eigenvalue weighted by Gasteiger charge is -2.31. The maximum Gasteiger partial charge on any atom is 0.325 e. The number of sulfonamides is 1. The van der Waals surface area contributed by atoms with Crippen molar-refractivity contribution in [3.8, 4) is 0 Å². The van der Waals surface area contributed by atoms with Crippen LogP contribution in [0.1, 0.15) is 58.6 Å². The van der Waals surface area contributed by atoms with Crippen LogP contribution in [0, 0.1) is 5.92 Å². The normalized spacial score (nSPS) is 22.4. The summed E-state index contributed by atoms with van der Waals surface area (Å²) in [7, 11) is -4.38. The van der Waals surface area contributed by atoms with Crippen LogP contribution in [0.2, 0.25) is 0 Å². The van der Waals surface area contributed by atoms with E-state index in [2.05, 4.69) is 19.2 Å². The quantitative estimate of drug-likeness (QED) is 0.203. The first kappa shape index (κ1) is 28.6. The first-order valence-electron chi connectivity index (χ1n) is 14.6. The highest BCUT2D eigenvalue weighted by molar-refractivity contribution is 7.89. The molecule has 2 N–H and O–H groups in total. The summed E-state index contributed by atoms with van der Waals surface area (Å²) in [5.41, 5.74) is -0.0862. The fourth-order valence-electron chi connectivity index (χ4n) is 6.47. The molecule has 4 aromatic carbocycles. The van der Waals surface area contributed by atoms with E-state index in [-0.39, 0.29) is 11.3 Å². The summed E-state index contributed by atoms with van der Waals surface area (Å²) in [4.78, 5) is 13.9. The molecule has 0 bridgehead atoms. The number of aliphatic hydroxyl groups is 1. The van der Waals surface area contributed by atoms with Gasteiger partial charge < -0.3 is 15.2 Å². The molecule has 42 heavy (non-hydrogen) atoms. The molecule has 2 aliphatic rings. The Morgan fingerprint density at radius 1 is 1.02 bits per heavy atom. The van der Waals surface area contributed by atoms with Gasteiger partial charge in [0.05, 0.1) is 4.90 Å². The number of carbonyl (C=O) groups excluding carboxylic acids is 1. The molecule has 8 heteroatoms. The van der Waals surface area contributed by atoms with Gasteiger partial charge in [0.15, 0.2) is 0 Å². The molecule has 4 aromatic rings. The summed E-state index contributed by atoms with van der Waals surface area (Å²) < 4.78 is 37.0. The molecule has 2 heterocycles. The van der Waals surface area contributed by atoms with Gasteiger partial charge in [-0.25, -0.2) is 8.42 Å².